The topological polar surface area (TPSA) is 68.7 Å². The minimum absolute atomic E-state index is 0.0370. The Morgan fingerprint density at radius 1 is 1.29 bits per heavy atom. The van der Waals surface area contributed by atoms with E-state index in [9.17, 15) is 0 Å². The van der Waals surface area contributed by atoms with Crippen LogP contribution in [0.15, 0.2) is 65.4 Å². The molecule has 1 heterocycles. The molecule has 0 spiro atoms. The van der Waals surface area contributed by atoms with Gasteiger partial charge in [0.05, 0.1) is 18.3 Å². The van der Waals surface area contributed by atoms with Crippen molar-refractivity contribution in [3.05, 3.63) is 71.0 Å². The molecule has 6 heteroatoms. The summed E-state index contributed by atoms with van der Waals surface area (Å²) in [5, 5.41) is 9.88. The van der Waals surface area contributed by atoms with E-state index in [1.807, 2.05) is 38.4 Å². The number of allylic oxidation sites excluding steroid dienone is 4. The van der Waals surface area contributed by atoms with Crippen molar-refractivity contribution < 1.29 is 19.4 Å². The summed E-state index contributed by atoms with van der Waals surface area (Å²) in [7, 11) is 0. The third-order valence-corrected chi connectivity index (χ3v) is 5.67. The first-order valence-corrected chi connectivity index (χ1v) is 12.7. The van der Waals surface area contributed by atoms with E-state index in [2.05, 4.69) is 63.5 Å². The van der Waals surface area contributed by atoms with Gasteiger partial charge in [0.25, 0.3) is 6.47 Å². The maximum Gasteiger partial charge on any atom is 0.290 e. The first kappa shape index (κ1) is 31.1. The van der Waals surface area contributed by atoms with Gasteiger partial charge in [0, 0.05) is 18.0 Å². The van der Waals surface area contributed by atoms with Crippen LogP contribution in [0.2, 0.25) is 0 Å². The highest BCUT2D eigenvalue weighted by Crippen LogP contribution is 2.33. The fourth-order valence-electron chi connectivity index (χ4n) is 2.84. The van der Waals surface area contributed by atoms with Gasteiger partial charge in [0.1, 0.15) is 16.5 Å². The van der Waals surface area contributed by atoms with Crippen LogP contribution in [0.25, 0.3) is 10.6 Å². The zero-order chi connectivity index (χ0) is 25.9. The van der Waals surface area contributed by atoms with Crippen molar-refractivity contribution in [2.45, 2.75) is 73.8 Å². The summed E-state index contributed by atoms with van der Waals surface area (Å²) in [4.78, 5) is 12.8. The normalized spacial score (nSPS) is 11.9. The van der Waals surface area contributed by atoms with E-state index in [0.717, 1.165) is 52.5 Å². The van der Waals surface area contributed by atoms with Crippen molar-refractivity contribution in [2.75, 3.05) is 6.61 Å². The lowest BCUT2D eigenvalue weighted by Crippen LogP contribution is -2.15. The monoisotopic (exact) mass is 487 g/mol. The molecule has 0 saturated carbocycles. The van der Waals surface area contributed by atoms with Crippen molar-refractivity contribution in [3.63, 3.8) is 0 Å². The molecule has 0 radical (unpaired) electrons. The highest BCUT2D eigenvalue weighted by atomic mass is 32.1. The van der Waals surface area contributed by atoms with E-state index in [0.29, 0.717) is 6.61 Å². The molecule has 0 aliphatic rings. The molecule has 1 atom stereocenters. The van der Waals surface area contributed by atoms with Crippen molar-refractivity contribution in [1.82, 2.24) is 4.98 Å². The van der Waals surface area contributed by atoms with E-state index in [-0.39, 0.29) is 12.6 Å². The SMILES string of the molecule is C=C(CC)/C(C)=C\C(=C/C)OCC[C@@H](C)Oc1ccc(CC)cc1-c1nccs1.CC.O=CO. The number of aryl methyl sites for hydroxylation is 1. The Morgan fingerprint density at radius 2 is 1.97 bits per heavy atom. The van der Waals surface area contributed by atoms with Crippen molar-refractivity contribution >= 4 is 17.8 Å². The van der Waals surface area contributed by atoms with Gasteiger partial charge in [-0.3, -0.25) is 4.79 Å². The molecule has 1 aromatic heterocycles. The first-order chi connectivity index (χ1) is 16.4. The zero-order valence-electron chi connectivity index (χ0n) is 21.8. The van der Waals surface area contributed by atoms with Gasteiger partial charge in [0.15, 0.2) is 0 Å². The minimum atomic E-state index is -0.250. The van der Waals surface area contributed by atoms with E-state index in [1.165, 1.54) is 5.56 Å². The standard InChI is InChI=1S/C25H33NO2S.C2H6.CH2O2/c1-7-18(4)19(5)16-22(9-3)27-14-12-20(6)28-24-11-10-21(8-2)17-23(24)25-26-13-15-29-25;1-2;2-1-3/h9-11,13,15-17,20H,4,7-8,12,14H2,1-3,5-6H3;1-2H3;1H,(H,2,3)/b19-16-,22-9+;;/t20-;;/m1../s1. The Labute approximate surface area is 209 Å². The number of carbonyl (C=O) groups is 1. The molecule has 2 aromatic rings. The molecule has 5 nitrogen and oxygen atoms in total. The number of rotatable bonds is 11. The van der Waals surface area contributed by atoms with Crippen LogP contribution in [0.5, 0.6) is 5.75 Å². The van der Waals surface area contributed by atoms with Crippen molar-refractivity contribution in [1.29, 1.82) is 0 Å². The molecule has 0 fully saturated rings. The van der Waals surface area contributed by atoms with Crippen LogP contribution < -0.4 is 4.74 Å². The van der Waals surface area contributed by atoms with Crippen LogP contribution in [-0.2, 0) is 16.0 Å². The summed E-state index contributed by atoms with van der Waals surface area (Å²) in [6.45, 7) is 18.8. The maximum atomic E-state index is 8.36. The Hall–Kier alpha value is -2.86. The van der Waals surface area contributed by atoms with Crippen LogP contribution in [0.3, 0.4) is 0 Å². The van der Waals surface area contributed by atoms with Crippen LogP contribution in [-0.4, -0.2) is 29.3 Å². The average molecular weight is 488 g/mol. The Morgan fingerprint density at radius 3 is 2.50 bits per heavy atom. The number of nitrogens with zero attached hydrogens (tertiary/aromatic N) is 1. The van der Waals surface area contributed by atoms with Gasteiger partial charge in [-0.2, -0.15) is 0 Å². The van der Waals surface area contributed by atoms with E-state index >= 15 is 0 Å². The lowest BCUT2D eigenvalue weighted by Gasteiger charge is -2.18. The van der Waals surface area contributed by atoms with Gasteiger partial charge in [-0.15, -0.1) is 11.3 Å². The van der Waals surface area contributed by atoms with E-state index in [4.69, 9.17) is 19.4 Å². The highest BCUT2D eigenvalue weighted by molar-refractivity contribution is 7.13. The third kappa shape index (κ3) is 11.3. The Balaban J connectivity index is 0.00000201. The van der Waals surface area contributed by atoms with Gasteiger partial charge in [-0.05, 0) is 69.0 Å². The molecule has 2 rings (SSSR count). The molecule has 0 bridgehead atoms. The predicted octanol–water partition coefficient (Wildman–Crippen LogP) is 8.09. The minimum Gasteiger partial charge on any atom is -0.494 e. The van der Waals surface area contributed by atoms with Crippen molar-refractivity contribution in [2.24, 2.45) is 0 Å². The Kier molecular flexibility index (Phi) is 17.0. The van der Waals surface area contributed by atoms with Gasteiger partial charge in [0.2, 0.25) is 0 Å². The maximum absolute atomic E-state index is 8.36. The number of ether oxygens (including phenoxy) is 2. The van der Waals surface area contributed by atoms with E-state index in [1.54, 1.807) is 11.3 Å². The summed E-state index contributed by atoms with van der Waals surface area (Å²) < 4.78 is 12.2. The molecule has 0 amide bonds. The zero-order valence-corrected chi connectivity index (χ0v) is 22.6. The molecular weight excluding hydrogens is 446 g/mol. The number of carboxylic acid groups (broad SMARTS) is 1. The molecule has 1 aromatic carbocycles. The third-order valence-electron chi connectivity index (χ3n) is 4.86. The summed E-state index contributed by atoms with van der Waals surface area (Å²) >= 11 is 1.63. The number of hydrogen-bond donors (Lipinski definition) is 1. The molecule has 0 aliphatic heterocycles. The molecule has 0 unspecified atom stereocenters. The van der Waals surface area contributed by atoms with Crippen LogP contribution in [0, 0.1) is 0 Å². The summed E-state index contributed by atoms with van der Waals surface area (Å²) in [5.41, 5.74) is 4.65. The largest absolute Gasteiger partial charge is 0.494 e. The Bertz CT molecular complexity index is 901. The van der Waals surface area contributed by atoms with Gasteiger partial charge >= 0.3 is 0 Å². The van der Waals surface area contributed by atoms with Gasteiger partial charge in [-0.25, -0.2) is 4.98 Å². The van der Waals surface area contributed by atoms with Gasteiger partial charge < -0.3 is 14.6 Å². The molecule has 0 saturated heterocycles. The fraction of sp³-hybridized carbons (Fsp3) is 0.429. The van der Waals surface area contributed by atoms with Crippen LogP contribution >= 0.6 is 11.3 Å². The average Bonchev–Trinajstić information content (AvgIpc) is 3.39. The van der Waals surface area contributed by atoms with Crippen molar-refractivity contribution in [3.8, 4) is 16.3 Å². The highest BCUT2D eigenvalue weighted by Gasteiger charge is 2.13. The molecule has 1 N–H and O–H groups in total. The summed E-state index contributed by atoms with van der Waals surface area (Å²) in [6, 6.07) is 6.37. The lowest BCUT2D eigenvalue weighted by atomic mass is 10.1. The smallest absolute Gasteiger partial charge is 0.290 e. The van der Waals surface area contributed by atoms with E-state index < -0.39 is 0 Å². The molecule has 34 heavy (non-hydrogen) atoms. The van der Waals surface area contributed by atoms with Gasteiger partial charge in [-0.1, -0.05) is 45.9 Å². The first-order valence-electron chi connectivity index (χ1n) is 11.8. The second kappa shape index (κ2) is 18.6. The molecule has 188 valence electrons. The van der Waals surface area contributed by atoms with Crippen LogP contribution in [0.4, 0.5) is 0 Å². The number of aromatic nitrogens is 1. The number of thiazole rings is 1. The second-order valence-corrected chi connectivity index (χ2v) is 8.06. The second-order valence-electron chi connectivity index (χ2n) is 7.17. The lowest BCUT2D eigenvalue weighted by molar-refractivity contribution is -0.122. The predicted molar refractivity (Wildman–Crippen MR) is 145 cm³/mol. The fourth-order valence-corrected chi connectivity index (χ4v) is 3.50. The summed E-state index contributed by atoms with van der Waals surface area (Å²) in [5.74, 6) is 1.76. The number of benzene rings is 1. The molecule has 0 aliphatic carbocycles. The van der Waals surface area contributed by atoms with Crippen LogP contribution in [0.1, 0.15) is 66.9 Å². The number of hydrogen-bond acceptors (Lipinski definition) is 5. The quantitative estimate of drug-likeness (QED) is 0.197. The molecular formula is C28H41NO4S. The summed E-state index contributed by atoms with van der Waals surface area (Å²) in [6.07, 6.45) is 8.65.